The highest BCUT2D eigenvalue weighted by molar-refractivity contribution is 5.20. The van der Waals surface area contributed by atoms with Crippen LogP contribution in [-0.4, -0.2) is 37.6 Å². The summed E-state index contributed by atoms with van der Waals surface area (Å²) in [7, 11) is 2.24. The Morgan fingerprint density at radius 3 is 2.29 bits per heavy atom. The van der Waals surface area contributed by atoms with Gasteiger partial charge in [-0.05, 0) is 82.6 Å². The van der Waals surface area contributed by atoms with Crippen LogP contribution in [0.5, 0.6) is 0 Å². The van der Waals surface area contributed by atoms with Crippen LogP contribution >= 0.6 is 0 Å². The first kappa shape index (κ1) is 15.1. The maximum atomic E-state index is 3.86. The second kappa shape index (κ2) is 7.42. The minimum atomic E-state index is 0.768. The average molecular weight is 286 g/mol. The predicted octanol–water partition coefficient (Wildman–Crippen LogP) is 3.64. The molecule has 21 heavy (non-hydrogen) atoms. The highest BCUT2D eigenvalue weighted by Crippen LogP contribution is 2.32. The van der Waals surface area contributed by atoms with Gasteiger partial charge >= 0.3 is 0 Å². The number of likely N-dealkylation sites (tertiary alicyclic amines) is 1. The van der Waals surface area contributed by atoms with Gasteiger partial charge in [0.15, 0.2) is 0 Å². The number of nitrogens with zero attached hydrogens (tertiary/aromatic N) is 1. The fourth-order valence-electron chi connectivity index (χ4n) is 3.96. The number of nitrogens with one attached hydrogen (secondary N) is 1. The molecule has 0 amide bonds. The second-order valence-corrected chi connectivity index (χ2v) is 7.11. The third-order valence-corrected chi connectivity index (χ3v) is 5.53. The highest BCUT2D eigenvalue weighted by atomic mass is 15.1. The number of rotatable bonds is 4. The summed E-state index contributed by atoms with van der Waals surface area (Å²) in [6, 6.07) is 11.9. The molecule has 0 unspecified atom stereocenters. The summed E-state index contributed by atoms with van der Waals surface area (Å²) in [5, 5.41) is 3.86. The van der Waals surface area contributed by atoms with E-state index in [0.29, 0.717) is 0 Å². The molecule has 2 nitrogen and oxygen atoms in total. The van der Waals surface area contributed by atoms with Crippen molar-refractivity contribution in [1.29, 1.82) is 0 Å². The molecule has 1 aromatic carbocycles. The molecular weight excluding hydrogens is 256 g/mol. The van der Waals surface area contributed by atoms with Gasteiger partial charge in [0, 0.05) is 6.04 Å². The molecule has 1 aliphatic heterocycles. The largest absolute Gasteiger partial charge is 0.314 e. The summed E-state index contributed by atoms with van der Waals surface area (Å²) in [6.45, 7) is 3.81. The molecule has 1 aromatic rings. The van der Waals surface area contributed by atoms with E-state index in [1.54, 1.807) is 5.56 Å². The minimum absolute atomic E-state index is 0.768. The third-order valence-electron chi connectivity index (χ3n) is 5.53. The van der Waals surface area contributed by atoms with E-state index in [4.69, 9.17) is 0 Å². The Morgan fingerprint density at radius 1 is 0.952 bits per heavy atom. The van der Waals surface area contributed by atoms with E-state index in [-0.39, 0.29) is 0 Å². The van der Waals surface area contributed by atoms with Crippen molar-refractivity contribution >= 4 is 0 Å². The van der Waals surface area contributed by atoms with Gasteiger partial charge in [0.25, 0.3) is 0 Å². The molecular formula is C19H30N2. The molecule has 1 saturated carbocycles. The van der Waals surface area contributed by atoms with Gasteiger partial charge < -0.3 is 10.2 Å². The molecule has 3 rings (SSSR count). The first-order chi connectivity index (χ1) is 10.3. The summed E-state index contributed by atoms with van der Waals surface area (Å²) in [5.74, 6) is 1.71. The number of piperidine rings is 1. The lowest BCUT2D eigenvalue weighted by molar-refractivity contribution is 0.207. The van der Waals surface area contributed by atoms with Crippen molar-refractivity contribution in [1.82, 2.24) is 10.2 Å². The normalized spacial score (nSPS) is 28.6. The van der Waals surface area contributed by atoms with Gasteiger partial charge in [0.2, 0.25) is 0 Å². The minimum Gasteiger partial charge on any atom is -0.314 e. The molecule has 0 radical (unpaired) electrons. The first-order valence-corrected chi connectivity index (χ1v) is 8.78. The molecule has 2 heteroatoms. The smallest absolute Gasteiger partial charge is 0.00676 e. The second-order valence-electron chi connectivity index (χ2n) is 7.11. The van der Waals surface area contributed by atoms with Crippen molar-refractivity contribution in [2.75, 3.05) is 26.7 Å². The van der Waals surface area contributed by atoms with Gasteiger partial charge in [-0.3, -0.25) is 0 Å². The lowest BCUT2D eigenvalue weighted by Crippen LogP contribution is -2.39. The average Bonchev–Trinajstić information content (AvgIpc) is 2.56. The molecule has 116 valence electrons. The topological polar surface area (TPSA) is 15.3 Å². The summed E-state index contributed by atoms with van der Waals surface area (Å²) in [4.78, 5) is 2.46. The van der Waals surface area contributed by atoms with E-state index in [0.717, 1.165) is 17.9 Å². The van der Waals surface area contributed by atoms with Crippen LogP contribution in [0, 0.1) is 5.92 Å². The maximum absolute atomic E-state index is 3.86. The molecule has 0 aromatic heterocycles. The highest BCUT2D eigenvalue weighted by Gasteiger charge is 2.23. The molecule has 2 aliphatic rings. The number of benzene rings is 1. The fraction of sp³-hybridized carbons (Fsp3) is 0.684. The zero-order valence-corrected chi connectivity index (χ0v) is 13.4. The van der Waals surface area contributed by atoms with E-state index in [9.17, 15) is 0 Å². The van der Waals surface area contributed by atoms with E-state index in [1.165, 1.54) is 58.2 Å². The Hall–Kier alpha value is -0.860. The SMILES string of the molecule is CN1CCC(CNC2CCC(c3ccccc3)CC2)CC1. The first-order valence-electron chi connectivity index (χ1n) is 8.78. The van der Waals surface area contributed by atoms with Crippen LogP contribution in [0.2, 0.25) is 0 Å². The quantitative estimate of drug-likeness (QED) is 0.909. The van der Waals surface area contributed by atoms with Crippen LogP contribution < -0.4 is 5.32 Å². The Bertz CT molecular complexity index is 401. The molecule has 1 aliphatic carbocycles. The van der Waals surface area contributed by atoms with Crippen molar-refractivity contribution in [3.05, 3.63) is 35.9 Å². The van der Waals surface area contributed by atoms with Crippen LogP contribution in [0.3, 0.4) is 0 Å². The van der Waals surface area contributed by atoms with Crippen LogP contribution in [-0.2, 0) is 0 Å². The molecule has 1 heterocycles. The molecule has 0 spiro atoms. The summed E-state index contributed by atoms with van der Waals surface area (Å²) < 4.78 is 0. The Labute approximate surface area is 129 Å². The zero-order valence-electron chi connectivity index (χ0n) is 13.4. The molecule has 2 fully saturated rings. The maximum Gasteiger partial charge on any atom is 0.00676 e. The molecule has 0 atom stereocenters. The monoisotopic (exact) mass is 286 g/mol. The van der Waals surface area contributed by atoms with Crippen molar-refractivity contribution in [2.24, 2.45) is 5.92 Å². The van der Waals surface area contributed by atoms with Gasteiger partial charge in [-0.25, -0.2) is 0 Å². The van der Waals surface area contributed by atoms with Crippen molar-refractivity contribution in [3.63, 3.8) is 0 Å². The molecule has 1 N–H and O–H groups in total. The van der Waals surface area contributed by atoms with Gasteiger partial charge in [0.05, 0.1) is 0 Å². The summed E-state index contributed by atoms with van der Waals surface area (Å²) in [6.07, 6.45) is 8.17. The van der Waals surface area contributed by atoms with Gasteiger partial charge in [-0.15, -0.1) is 0 Å². The van der Waals surface area contributed by atoms with E-state index in [2.05, 4.69) is 47.6 Å². The van der Waals surface area contributed by atoms with Crippen molar-refractivity contribution < 1.29 is 0 Å². The van der Waals surface area contributed by atoms with E-state index in [1.807, 2.05) is 0 Å². The van der Waals surface area contributed by atoms with Crippen LogP contribution in [0.25, 0.3) is 0 Å². The number of hydrogen-bond donors (Lipinski definition) is 1. The van der Waals surface area contributed by atoms with Crippen LogP contribution in [0.1, 0.15) is 50.0 Å². The Morgan fingerprint density at radius 2 is 1.62 bits per heavy atom. The molecule has 0 bridgehead atoms. The van der Waals surface area contributed by atoms with Crippen molar-refractivity contribution in [3.8, 4) is 0 Å². The summed E-state index contributed by atoms with van der Waals surface area (Å²) in [5.41, 5.74) is 1.55. The third kappa shape index (κ3) is 4.31. The fourth-order valence-corrected chi connectivity index (χ4v) is 3.96. The standard InChI is InChI=1S/C19H30N2/c1-21-13-11-16(12-14-21)15-20-19-9-7-18(8-10-19)17-5-3-2-4-6-17/h2-6,16,18-20H,7-15H2,1H3. The van der Waals surface area contributed by atoms with Gasteiger partial charge in [0.1, 0.15) is 0 Å². The van der Waals surface area contributed by atoms with Gasteiger partial charge in [-0.1, -0.05) is 30.3 Å². The van der Waals surface area contributed by atoms with Gasteiger partial charge in [-0.2, -0.15) is 0 Å². The van der Waals surface area contributed by atoms with Crippen molar-refractivity contribution in [2.45, 2.75) is 50.5 Å². The Balaban J connectivity index is 1.38. The lowest BCUT2D eigenvalue weighted by Gasteiger charge is -2.33. The Kier molecular flexibility index (Phi) is 5.32. The van der Waals surface area contributed by atoms with Crippen LogP contribution in [0.15, 0.2) is 30.3 Å². The van der Waals surface area contributed by atoms with E-state index >= 15 is 0 Å². The molecule has 1 saturated heterocycles. The summed E-state index contributed by atoms with van der Waals surface area (Å²) >= 11 is 0. The van der Waals surface area contributed by atoms with E-state index < -0.39 is 0 Å². The van der Waals surface area contributed by atoms with Crippen LogP contribution in [0.4, 0.5) is 0 Å². The predicted molar refractivity (Wildman–Crippen MR) is 89.7 cm³/mol. The zero-order chi connectivity index (χ0) is 14.5. The number of hydrogen-bond acceptors (Lipinski definition) is 2. The lowest BCUT2D eigenvalue weighted by atomic mass is 9.81.